The van der Waals surface area contributed by atoms with E-state index in [0.29, 0.717) is 12.2 Å². The molecule has 3 heterocycles. The van der Waals surface area contributed by atoms with Crippen molar-refractivity contribution in [3.63, 3.8) is 0 Å². The summed E-state index contributed by atoms with van der Waals surface area (Å²) >= 11 is 1.68. The molecule has 1 atom stereocenters. The molecule has 172 valence electrons. The molecule has 8 nitrogen and oxygen atoms in total. The number of aromatic nitrogens is 1. The molecule has 9 heteroatoms. The van der Waals surface area contributed by atoms with Crippen molar-refractivity contribution < 1.29 is 14.3 Å². The van der Waals surface area contributed by atoms with E-state index < -0.39 is 0 Å². The molecule has 0 aliphatic carbocycles. The molecule has 2 saturated heterocycles. The van der Waals surface area contributed by atoms with Gasteiger partial charge in [0, 0.05) is 42.4 Å². The first-order valence-electron chi connectivity index (χ1n) is 11.3. The third-order valence-corrected chi connectivity index (χ3v) is 6.76. The highest BCUT2D eigenvalue weighted by molar-refractivity contribution is 7.09. The van der Waals surface area contributed by atoms with Crippen molar-refractivity contribution in [2.24, 2.45) is 5.92 Å². The second kappa shape index (κ2) is 10.9. The van der Waals surface area contributed by atoms with E-state index in [1.165, 1.54) is 0 Å². The lowest BCUT2D eigenvalue weighted by Gasteiger charge is -2.30. The van der Waals surface area contributed by atoms with Gasteiger partial charge >= 0.3 is 6.03 Å². The number of piperidine rings is 1. The van der Waals surface area contributed by atoms with Crippen LogP contribution in [-0.2, 0) is 16.1 Å². The standard InChI is InChI=1S/C23H31N5O3S/c1-16-25-20(15-32-16)14-28-10-8-17(9-11-28)22(29)26-18-4-6-19(7-5-18)27-23(30)24-13-21-3-2-12-31-21/h4-7,15,17,21H,2-3,8-14H2,1H3,(H,26,29)(H2,24,27,30). The zero-order valence-electron chi connectivity index (χ0n) is 18.4. The predicted octanol–water partition coefficient (Wildman–Crippen LogP) is 3.60. The molecule has 0 radical (unpaired) electrons. The Morgan fingerprint density at radius 3 is 2.47 bits per heavy atom. The van der Waals surface area contributed by atoms with Crippen LogP contribution in [0.15, 0.2) is 29.6 Å². The monoisotopic (exact) mass is 457 g/mol. The molecule has 3 N–H and O–H groups in total. The Morgan fingerprint density at radius 2 is 1.84 bits per heavy atom. The summed E-state index contributed by atoms with van der Waals surface area (Å²) in [5, 5.41) is 11.9. The molecule has 0 bridgehead atoms. The summed E-state index contributed by atoms with van der Waals surface area (Å²) in [6.45, 7) is 5.97. The minimum atomic E-state index is -0.253. The van der Waals surface area contributed by atoms with Gasteiger partial charge in [0.25, 0.3) is 0 Å². The molecule has 2 fully saturated rings. The van der Waals surface area contributed by atoms with Crippen LogP contribution in [0.1, 0.15) is 36.4 Å². The van der Waals surface area contributed by atoms with Crippen molar-refractivity contribution in [3.05, 3.63) is 40.3 Å². The number of carbonyl (C=O) groups is 2. The highest BCUT2D eigenvalue weighted by Crippen LogP contribution is 2.22. The molecule has 2 aliphatic heterocycles. The van der Waals surface area contributed by atoms with Crippen LogP contribution in [0.2, 0.25) is 0 Å². The fraction of sp³-hybridized carbons (Fsp3) is 0.522. The Bertz CT molecular complexity index is 903. The van der Waals surface area contributed by atoms with Gasteiger partial charge in [-0.2, -0.15) is 0 Å². The molecule has 0 spiro atoms. The van der Waals surface area contributed by atoms with E-state index in [4.69, 9.17) is 4.74 Å². The van der Waals surface area contributed by atoms with Crippen molar-refractivity contribution >= 4 is 34.6 Å². The van der Waals surface area contributed by atoms with Gasteiger partial charge in [0.15, 0.2) is 0 Å². The second-order valence-electron chi connectivity index (χ2n) is 8.44. The Morgan fingerprint density at radius 1 is 1.12 bits per heavy atom. The molecule has 2 aromatic rings. The van der Waals surface area contributed by atoms with Gasteiger partial charge in [-0.15, -0.1) is 11.3 Å². The van der Waals surface area contributed by atoms with E-state index in [1.54, 1.807) is 23.5 Å². The SMILES string of the molecule is Cc1nc(CN2CCC(C(=O)Nc3ccc(NC(=O)NCC4CCCO4)cc3)CC2)cs1. The highest BCUT2D eigenvalue weighted by Gasteiger charge is 2.25. The lowest BCUT2D eigenvalue weighted by Crippen LogP contribution is -2.37. The van der Waals surface area contributed by atoms with E-state index in [-0.39, 0.29) is 24.0 Å². The zero-order valence-corrected chi connectivity index (χ0v) is 19.2. The summed E-state index contributed by atoms with van der Waals surface area (Å²) in [4.78, 5) is 31.6. The van der Waals surface area contributed by atoms with Crippen molar-refractivity contribution in [3.8, 4) is 0 Å². The maximum Gasteiger partial charge on any atom is 0.319 e. The summed E-state index contributed by atoms with van der Waals surface area (Å²) in [6.07, 6.45) is 3.84. The first kappa shape index (κ1) is 22.7. The number of urea groups is 1. The van der Waals surface area contributed by atoms with Gasteiger partial charge in [-0.05, 0) is 70.0 Å². The average molecular weight is 458 g/mol. The summed E-state index contributed by atoms with van der Waals surface area (Å²) in [5.74, 6) is 0.0778. The van der Waals surface area contributed by atoms with E-state index in [1.807, 2.05) is 19.1 Å². The van der Waals surface area contributed by atoms with Crippen LogP contribution in [0, 0.1) is 12.8 Å². The van der Waals surface area contributed by atoms with Crippen LogP contribution in [-0.4, -0.2) is 54.2 Å². The number of nitrogens with zero attached hydrogens (tertiary/aromatic N) is 2. The Hall–Kier alpha value is -2.49. The highest BCUT2D eigenvalue weighted by atomic mass is 32.1. The molecule has 32 heavy (non-hydrogen) atoms. The normalized spacial score (nSPS) is 19.6. The van der Waals surface area contributed by atoms with Crippen molar-refractivity contribution in [2.75, 3.05) is 36.9 Å². The summed E-state index contributed by atoms with van der Waals surface area (Å²) < 4.78 is 5.50. The number of thiazole rings is 1. The topological polar surface area (TPSA) is 95.6 Å². The summed E-state index contributed by atoms with van der Waals surface area (Å²) in [6, 6.07) is 6.96. The minimum absolute atomic E-state index is 0.0183. The quantitative estimate of drug-likeness (QED) is 0.590. The van der Waals surface area contributed by atoms with Gasteiger partial charge in [0.1, 0.15) is 0 Å². The first-order chi connectivity index (χ1) is 15.5. The number of rotatable bonds is 7. The average Bonchev–Trinajstić information content (AvgIpc) is 3.46. The van der Waals surface area contributed by atoms with Gasteiger partial charge in [0.2, 0.25) is 5.91 Å². The van der Waals surface area contributed by atoms with Crippen LogP contribution in [0.4, 0.5) is 16.2 Å². The van der Waals surface area contributed by atoms with Gasteiger partial charge < -0.3 is 20.7 Å². The van der Waals surface area contributed by atoms with Gasteiger partial charge in [0.05, 0.1) is 16.8 Å². The maximum absolute atomic E-state index is 12.7. The van der Waals surface area contributed by atoms with Crippen LogP contribution in [0.3, 0.4) is 0 Å². The second-order valence-corrected chi connectivity index (χ2v) is 9.51. The third-order valence-electron chi connectivity index (χ3n) is 5.94. The van der Waals surface area contributed by atoms with E-state index in [2.05, 4.69) is 31.2 Å². The molecule has 0 saturated carbocycles. The summed E-state index contributed by atoms with van der Waals surface area (Å²) in [5.41, 5.74) is 2.53. The van der Waals surface area contributed by atoms with Crippen LogP contribution in [0.5, 0.6) is 0 Å². The molecule has 2 aliphatic rings. The fourth-order valence-corrected chi connectivity index (χ4v) is 4.74. The molecule has 1 aromatic carbocycles. The minimum Gasteiger partial charge on any atom is -0.376 e. The smallest absolute Gasteiger partial charge is 0.319 e. The first-order valence-corrected chi connectivity index (χ1v) is 12.1. The molecular formula is C23H31N5O3S. The number of aryl methyl sites for hydroxylation is 1. The number of likely N-dealkylation sites (tertiary alicyclic amines) is 1. The molecule has 3 amide bonds. The van der Waals surface area contributed by atoms with Crippen molar-refractivity contribution in [1.29, 1.82) is 0 Å². The number of amides is 3. The maximum atomic E-state index is 12.7. The number of benzene rings is 1. The number of hydrogen-bond acceptors (Lipinski definition) is 6. The van der Waals surface area contributed by atoms with Crippen LogP contribution >= 0.6 is 11.3 Å². The van der Waals surface area contributed by atoms with Gasteiger partial charge in [-0.3, -0.25) is 9.69 Å². The lowest BCUT2D eigenvalue weighted by molar-refractivity contribution is -0.121. The predicted molar refractivity (Wildman–Crippen MR) is 126 cm³/mol. The van der Waals surface area contributed by atoms with E-state index >= 15 is 0 Å². The van der Waals surface area contributed by atoms with Gasteiger partial charge in [-0.25, -0.2) is 9.78 Å². The lowest BCUT2D eigenvalue weighted by atomic mass is 9.95. The van der Waals surface area contributed by atoms with Crippen molar-refractivity contribution in [2.45, 2.75) is 45.3 Å². The van der Waals surface area contributed by atoms with Gasteiger partial charge in [-0.1, -0.05) is 0 Å². The number of anilines is 2. The number of ether oxygens (including phenoxy) is 1. The molecule has 1 aromatic heterocycles. The molecular weight excluding hydrogens is 426 g/mol. The largest absolute Gasteiger partial charge is 0.376 e. The number of nitrogens with one attached hydrogen (secondary N) is 3. The van der Waals surface area contributed by atoms with E-state index in [9.17, 15) is 9.59 Å². The Labute approximate surface area is 192 Å². The number of carbonyl (C=O) groups excluding carboxylic acids is 2. The third kappa shape index (κ3) is 6.51. The molecule has 1 unspecified atom stereocenters. The van der Waals surface area contributed by atoms with Crippen LogP contribution < -0.4 is 16.0 Å². The Balaban J connectivity index is 1.18. The van der Waals surface area contributed by atoms with Crippen molar-refractivity contribution in [1.82, 2.24) is 15.2 Å². The molecule has 4 rings (SSSR count). The summed E-state index contributed by atoms with van der Waals surface area (Å²) in [7, 11) is 0. The Kier molecular flexibility index (Phi) is 7.72. The van der Waals surface area contributed by atoms with E-state index in [0.717, 1.165) is 68.3 Å². The number of hydrogen-bond donors (Lipinski definition) is 3. The fourth-order valence-electron chi connectivity index (χ4n) is 4.13. The van der Waals surface area contributed by atoms with Crippen LogP contribution in [0.25, 0.3) is 0 Å². The zero-order chi connectivity index (χ0) is 22.3.